The summed E-state index contributed by atoms with van der Waals surface area (Å²) in [6, 6.07) is 0. The second-order valence-electron chi connectivity index (χ2n) is 4.40. The minimum Gasteiger partial charge on any atom is -0.466 e. The van der Waals surface area contributed by atoms with Gasteiger partial charge >= 0.3 is 5.97 Å². The number of esters is 1. The van der Waals surface area contributed by atoms with Gasteiger partial charge in [-0.3, -0.25) is 4.79 Å². The van der Waals surface area contributed by atoms with E-state index in [1.165, 1.54) is 32.1 Å². The average Bonchev–Trinajstić information content (AvgIpc) is 2.27. The minimum atomic E-state index is -0.0847. The summed E-state index contributed by atoms with van der Waals surface area (Å²) in [7, 11) is 0. The summed E-state index contributed by atoms with van der Waals surface area (Å²) in [5, 5.41) is 0. The number of carbonyl (C=O) groups excluding carboxylic acids is 1. The molecule has 1 saturated carbocycles. The van der Waals surface area contributed by atoms with Crippen LogP contribution in [-0.2, 0) is 9.53 Å². The van der Waals surface area contributed by atoms with Gasteiger partial charge in [0, 0.05) is 6.42 Å². The maximum Gasteiger partial charge on any atom is 0.306 e. The lowest BCUT2D eigenvalue weighted by Crippen LogP contribution is -2.28. The van der Waals surface area contributed by atoms with E-state index in [0.717, 1.165) is 0 Å². The van der Waals surface area contributed by atoms with E-state index in [-0.39, 0.29) is 5.97 Å². The summed E-state index contributed by atoms with van der Waals surface area (Å²) in [5.41, 5.74) is 5.74. The SMILES string of the molecule is CCOC(=O)C[C@@H](CN)C1CCCCC1. The molecule has 88 valence electrons. The van der Waals surface area contributed by atoms with E-state index < -0.39 is 0 Å². The van der Waals surface area contributed by atoms with Gasteiger partial charge in [-0.25, -0.2) is 0 Å². The number of carbonyl (C=O) groups is 1. The predicted molar refractivity (Wildman–Crippen MR) is 60.4 cm³/mol. The number of hydrogen-bond acceptors (Lipinski definition) is 3. The van der Waals surface area contributed by atoms with Crippen molar-refractivity contribution in [3.63, 3.8) is 0 Å². The molecule has 3 heteroatoms. The second-order valence-corrected chi connectivity index (χ2v) is 4.40. The Balaban J connectivity index is 2.36. The van der Waals surface area contributed by atoms with Crippen molar-refractivity contribution < 1.29 is 9.53 Å². The molecular formula is C12H23NO2. The Morgan fingerprint density at radius 3 is 2.60 bits per heavy atom. The van der Waals surface area contributed by atoms with Crippen LogP contribution in [0.3, 0.4) is 0 Å². The van der Waals surface area contributed by atoms with Crippen LogP contribution in [0.2, 0.25) is 0 Å². The second kappa shape index (κ2) is 6.83. The van der Waals surface area contributed by atoms with Crippen LogP contribution in [0.5, 0.6) is 0 Å². The smallest absolute Gasteiger partial charge is 0.306 e. The van der Waals surface area contributed by atoms with Crippen molar-refractivity contribution in [2.45, 2.75) is 45.4 Å². The number of rotatable bonds is 5. The average molecular weight is 213 g/mol. The molecule has 1 atom stereocenters. The molecule has 2 N–H and O–H groups in total. The van der Waals surface area contributed by atoms with E-state index in [0.29, 0.717) is 31.4 Å². The molecule has 0 unspecified atom stereocenters. The zero-order chi connectivity index (χ0) is 11.1. The monoisotopic (exact) mass is 213 g/mol. The summed E-state index contributed by atoms with van der Waals surface area (Å²) in [6.45, 7) is 2.93. The molecule has 0 saturated heterocycles. The Morgan fingerprint density at radius 2 is 2.07 bits per heavy atom. The first-order chi connectivity index (χ1) is 7.27. The van der Waals surface area contributed by atoms with Gasteiger partial charge in [0.1, 0.15) is 0 Å². The highest BCUT2D eigenvalue weighted by atomic mass is 16.5. The number of ether oxygens (including phenoxy) is 1. The summed E-state index contributed by atoms with van der Waals surface area (Å²) in [4.78, 5) is 11.4. The van der Waals surface area contributed by atoms with E-state index in [1.807, 2.05) is 6.92 Å². The van der Waals surface area contributed by atoms with Crippen LogP contribution in [0.4, 0.5) is 0 Å². The fourth-order valence-electron chi connectivity index (χ4n) is 2.48. The van der Waals surface area contributed by atoms with Gasteiger partial charge in [-0.15, -0.1) is 0 Å². The zero-order valence-corrected chi connectivity index (χ0v) is 9.71. The highest BCUT2D eigenvalue weighted by Gasteiger charge is 2.24. The Bertz CT molecular complexity index is 188. The topological polar surface area (TPSA) is 52.3 Å². The first kappa shape index (κ1) is 12.5. The van der Waals surface area contributed by atoms with Crippen LogP contribution < -0.4 is 5.73 Å². The van der Waals surface area contributed by atoms with Crippen molar-refractivity contribution in [2.75, 3.05) is 13.2 Å². The highest BCUT2D eigenvalue weighted by Crippen LogP contribution is 2.31. The van der Waals surface area contributed by atoms with Gasteiger partial charge in [0.15, 0.2) is 0 Å². The van der Waals surface area contributed by atoms with Crippen molar-refractivity contribution in [3.8, 4) is 0 Å². The fourth-order valence-corrected chi connectivity index (χ4v) is 2.48. The summed E-state index contributed by atoms with van der Waals surface area (Å²) >= 11 is 0. The van der Waals surface area contributed by atoms with Crippen LogP contribution in [0.25, 0.3) is 0 Å². The highest BCUT2D eigenvalue weighted by molar-refractivity contribution is 5.69. The van der Waals surface area contributed by atoms with Crippen molar-refractivity contribution >= 4 is 5.97 Å². The molecule has 0 heterocycles. The van der Waals surface area contributed by atoms with Gasteiger partial charge in [0.05, 0.1) is 6.61 Å². The molecule has 0 aromatic carbocycles. The van der Waals surface area contributed by atoms with Gasteiger partial charge in [-0.1, -0.05) is 32.1 Å². The summed E-state index contributed by atoms with van der Waals surface area (Å²) in [5.74, 6) is 0.899. The lowest BCUT2D eigenvalue weighted by atomic mass is 9.78. The largest absolute Gasteiger partial charge is 0.466 e. The third-order valence-electron chi connectivity index (χ3n) is 3.35. The molecule has 1 aliphatic rings. The first-order valence-corrected chi connectivity index (χ1v) is 6.13. The molecule has 0 aromatic heterocycles. The Morgan fingerprint density at radius 1 is 1.40 bits per heavy atom. The summed E-state index contributed by atoms with van der Waals surface area (Å²) < 4.78 is 4.97. The maximum atomic E-state index is 11.4. The molecule has 1 aliphatic carbocycles. The first-order valence-electron chi connectivity index (χ1n) is 6.13. The van der Waals surface area contributed by atoms with Gasteiger partial charge in [-0.2, -0.15) is 0 Å². The summed E-state index contributed by atoms with van der Waals surface area (Å²) in [6.07, 6.45) is 6.92. The van der Waals surface area contributed by atoms with Crippen LogP contribution in [-0.4, -0.2) is 19.1 Å². The molecule has 0 amide bonds. The van der Waals surface area contributed by atoms with E-state index in [4.69, 9.17) is 10.5 Å². The molecule has 0 radical (unpaired) electrons. The molecule has 0 aliphatic heterocycles. The van der Waals surface area contributed by atoms with Crippen molar-refractivity contribution in [3.05, 3.63) is 0 Å². The Kier molecular flexibility index (Phi) is 5.69. The molecule has 3 nitrogen and oxygen atoms in total. The van der Waals surface area contributed by atoms with Gasteiger partial charge in [0.2, 0.25) is 0 Å². The molecular weight excluding hydrogens is 190 g/mol. The van der Waals surface area contributed by atoms with Gasteiger partial charge < -0.3 is 10.5 Å². The van der Waals surface area contributed by atoms with E-state index in [2.05, 4.69) is 0 Å². The lowest BCUT2D eigenvalue weighted by Gasteiger charge is -2.28. The molecule has 15 heavy (non-hydrogen) atoms. The fraction of sp³-hybridized carbons (Fsp3) is 0.917. The molecule has 0 spiro atoms. The van der Waals surface area contributed by atoms with Crippen LogP contribution in [0, 0.1) is 11.8 Å². The minimum absolute atomic E-state index is 0.0847. The van der Waals surface area contributed by atoms with E-state index in [9.17, 15) is 4.79 Å². The standard InChI is InChI=1S/C12H23NO2/c1-2-15-12(14)8-11(9-13)10-6-4-3-5-7-10/h10-11H,2-9,13H2,1H3/t11-/m0/s1. The van der Waals surface area contributed by atoms with Gasteiger partial charge in [-0.05, 0) is 25.3 Å². The molecule has 1 fully saturated rings. The molecule has 0 aromatic rings. The predicted octanol–water partition coefficient (Wildman–Crippen LogP) is 2.09. The molecule has 1 rings (SSSR count). The van der Waals surface area contributed by atoms with E-state index in [1.54, 1.807) is 0 Å². The van der Waals surface area contributed by atoms with E-state index >= 15 is 0 Å². The lowest BCUT2D eigenvalue weighted by molar-refractivity contribution is -0.144. The third-order valence-corrected chi connectivity index (χ3v) is 3.35. The van der Waals surface area contributed by atoms with Crippen LogP contribution in [0.15, 0.2) is 0 Å². The Labute approximate surface area is 92.4 Å². The maximum absolute atomic E-state index is 11.4. The van der Waals surface area contributed by atoms with Crippen molar-refractivity contribution in [2.24, 2.45) is 17.6 Å². The zero-order valence-electron chi connectivity index (χ0n) is 9.71. The third kappa shape index (κ3) is 4.20. The van der Waals surface area contributed by atoms with Gasteiger partial charge in [0.25, 0.3) is 0 Å². The number of nitrogens with two attached hydrogens (primary N) is 1. The van der Waals surface area contributed by atoms with Crippen molar-refractivity contribution in [1.29, 1.82) is 0 Å². The van der Waals surface area contributed by atoms with Crippen LogP contribution in [0.1, 0.15) is 45.4 Å². The normalized spacial score (nSPS) is 19.9. The van der Waals surface area contributed by atoms with Crippen LogP contribution >= 0.6 is 0 Å². The quantitative estimate of drug-likeness (QED) is 0.711. The number of hydrogen-bond donors (Lipinski definition) is 1. The van der Waals surface area contributed by atoms with Crippen molar-refractivity contribution in [1.82, 2.24) is 0 Å². The molecule has 0 bridgehead atoms. The Hall–Kier alpha value is -0.570.